The van der Waals surface area contributed by atoms with Gasteiger partial charge in [0, 0.05) is 5.41 Å². The molecule has 2 fully saturated rings. The Morgan fingerprint density at radius 1 is 1.24 bits per heavy atom. The second-order valence-electron chi connectivity index (χ2n) is 6.25. The summed E-state index contributed by atoms with van der Waals surface area (Å²) in [5.41, 5.74) is -0.817. The van der Waals surface area contributed by atoms with Gasteiger partial charge in [0.1, 0.15) is 11.6 Å². The minimum absolute atomic E-state index is 0.119. The Morgan fingerprint density at radius 3 is 2.48 bits per heavy atom. The fraction of sp³-hybridized carbons (Fsp3) is 0.714. The third kappa shape index (κ3) is 2.37. The molecule has 2 amide bonds. The molecule has 1 saturated carbocycles. The third-order valence-electron chi connectivity index (χ3n) is 4.78. The zero-order chi connectivity index (χ0) is 15.3. The second kappa shape index (κ2) is 4.83. The maximum Gasteiger partial charge on any atom is 0.249 e. The molecule has 6 nitrogen and oxygen atoms in total. The predicted octanol–water partition coefficient (Wildman–Crippen LogP) is 0.347. The fourth-order valence-electron chi connectivity index (χ4n) is 3.61. The number of rotatable bonds is 1. The van der Waals surface area contributed by atoms with Crippen molar-refractivity contribution < 1.29 is 18.0 Å². The molecule has 7 heteroatoms. The van der Waals surface area contributed by atoms with Crippen LogP contribution in [-0.2, 0) is 19.4 Å². The molecule has 116 valence electrons. The molecule has 0 aromatic carbocycles. The summed E-state index contributed by atoms with van der Waals surface area (Å²) < 4.78 is 23.2. The number of carbonyl (C=O) groups excluding carboxylic acids is 2. The average Bonchev–Trinajstić information content (AvgIpc) is 2.78. The summed E-state index contributed by atoms with van der Waals surface area (Å²) in [5.74, 6) is -0.429. The van der Waals surface area contributed by atoms with E-state index in [0.717, 1.165) is 24.7 Å². The number of piperazine rings is 1. The molecule has 1 aliphatic carbocycles. The van der Waals surface area contributed by atoms with Gasteiger partial charge in [0.15, 0.2) is 9.84 Å². The molecule has 0 aromatic rings. The topological polar surface area (TPSA) is 83.6 Å². The number of sulfone groups is 1. The van der Waals surface area contributed by atoms with Gasteiger partial charge >= 0.3 is 0 Å². The van der Waals surface area contributed by atoms with Gasteiger partial charge in [0.2, 0.25) is 11.8 Å². The van der Waals surface area contributed by atoms with Gasteiger partial charge < -0.3 is 10.2 Å². The van der Waals surface area contributed by atoms with Gasteiger partial charge in [-0.1, -0.05) is 19.3 Å². The average molecular weight is 312 g/mol. The number of nitrogens with one attached hydrogen (secondary N) is 1. The molecule has 1 saturated heterocycles. The Kier molecular flexibility index (Phi) is 3.35. The van der Waals surface area contributed by atoms with Crippen LogP contribution in [-0.4, -0.2) is 48.5 Å². The molecule has 2 aliphatic heterocycles. The van der Waals surface area contributed by atoms with E-state index >= 15 is 0 Å². The molecular formula is C14H20N2O4S. The van der Waals surface area contributed by atoms with Crippen molar-refractivity contribution in [2.45, 2.75) is 56.7 Å². The van der Waals surface area contributed by atoms with Crippen molar-refractivity contribution in [3.8, 4) is 0 Å². The summed E-state index contributed by atoms with van der Waals surface area (Å²) in [6.07, 6.45) is 5.70. The van der Waals surface area contributed by atoms with Crippen LogP contribution in [0.4, 0.5) is 0 Å². The van der Waals surface area contributed by atoms with E-state index in [9.17, 15) is 18.0 Å². The van der Waals surface area contributed by atoms with E-state index in [1.54, 1.807) is 6.92 Å². The summed E-state index contributed by atoms with van der Waals surface area (Å²) in [6.45, 7) is 1.65. The van der Waals surface area contributed by atoms with Gasteiger partial charge in [0.05, 0.1) is 11.8 Å². The lowest BCUT2D eigenvalue weighted by molar-refractivity contribution is -0.157. The minimum Gasteiger partial charge on any atom is -0.340 e. The quantitative estimate of drug-likeness (QED) is 0.757. The summed E-state index contributed by atoms with van der Waals surface area (Å²) in [4.78, 5) is 26.7. The van der Waals surface area contributed by atoms with Gasteiger partial charge in [-0.05, 0) is 25.8 Å². The van der Waals surface area contributed by atoms with Gasteiger partial charge in [-0.3, -0.25) is 9.59 Å². The third-order valence-corrected chi connectivity index (χ3v) is 6.16. The monoisotopic (exact) mass is 312 g/mol. The molecule has 2 heterocycles. The summed E-state index contributed by atoms with van der Waals surface area (Å²) in [6, 6.07) is -1.16. The van der Waals surface area contributed by atoms with Gasteiger partial charge in [-0.15, -0.1) is 0 Å². The standard InChI is InChI=1S/C14H20N2O4S/c1-10-12(17)15-14(6-3-2-4-7-14)13(18)16(10)11-5-8-21(19,20)9-11/h5,8,10-11H,2-4,6-7,9H2,1H3,(H,15,17). The van der Waals surface area contributed by atoms with Crippen LogP contribution in [0.2, 0.25) is 0 Å². The fourth-order valence-corrected chi connectivity index (χ4v) is 4.89. The van der Waals surface area contributed by atoms with Crippen LogP contribution in [0.25, 0.3) is 0 Å². The Hall–Kier alpha value is -1.37. The van der Waals surface area contributed by atoms with Gasteiger partial charge in [0.25, 0.3) is 0 Å². The Labute approximate surface area is 124 Å². The normalized spacial score (nSPS) is 34.2. The Balaban J connectivity index is 1.92. The van der Waals surface area contributed by atoms with E-state index in [0.29, 0.717) is 12.8 Å². The largest absolute Gasteiger partial charge is 0.340 e. The first-order valence-electron chi connectivity index (χ1n) is 7.40. The maximum atomic E-state index is 12.9. The molecule has 3 rings (SSSR count). The SMILES string of the molecule is CC1C(=O)NC2(CCCCC2)C(=O)N1C1C=CS(=O)(=O)C1. The lowest BCUT2D eigenvalue weighted by atomic mass is 9.78. The van der Waals surface area contributed by atoms with Crippen LogP contribution < -0.4 is 5.32 Å². The van der Waals surface area contributed by atoms with Crippen LogP contribution in [0.5, 0.6) is 0 Å². The molecule has 0 aromatic heterocycles. The van der Waals surface area contributed by atoms with Gasteiger partial charge in [-0.2, -0.15) is 0 Å². The van der Waals surface area contributed by atoms with E-state index in [1.165, 1.54) is 11.0 Å². The molecule has 3 aliphatic rings. The number of hydrogen-bond acceptors (Lipinski definition) is 4. The van der Waals surface area contributed by atoms with Crippen molar-refractivity contribution in [2.75, 3.05) is 5.75 Å². The molecular weight excluding hydrogens is 292 g/mol. The lowest BCUT2D eigenvalue weighted by Crippen LogP contribution is -2.71. The van der Waals surface area contributed by atoms with Crippen molar-refractivity contribution in [2.24, 2.45) is 0 Å². The van der Waals surface area contributed by atoms with Crippen molar-refractivity contribution in [1.29, 1.82) is 0 Å². The molecule has 2 atom stereocenters. The predicted molar refractivity (Wildman–Crippen MR) is 77.0 cm³/mol. The van der Waals surface area contributed by atoms with E-state index in [1.807, 2.05) is 0 Å². The van der Waals surface area contributed by atoms with E-state index in [4.69, 9.17) is 0 Å². The first-order chi connectivity index (χ1) is 9.85. The molecule has 21 heavy (non-hydrogen) atoms. The molecule has 1 N–H and O–H groups in total. The van der Waals surface area contributed by atoms with Crippen LogP contribution in [0.1, 0.15) is 39.0 Å². The summed E-state index contributed by atoms with van der Waals surface area (Å²) >= 11 is 0. The van der Waals surface area contributed by atoms with Crippen LogP contribution >= 0.6 is 0 Å². The van der Waals surface area contributed by atoms with Gasteiger partial charge in [-0.25, -0.2) is 8.42 Å². The summed E-state index contributed by atoms with van der Waals surface area (Å²) in [7, 11) is -3.26. The lowest BCUT2D eigenvalue weighted by Gasteiger charge is -2.48. The van der Waals surface area contributed by atoms with Crippen LogP contribution in [0.3, 0.4) is 0 Å². The Morgan fingerprint density at radius 2 is 1.90 bits per heavy atom. The van der Waals surface area contributed by atoms with Crippen LogP contribution in [0, 0.1) is 0 Å². The number of amides is 2. The van der Waals surface area contributed by atoms with Crippen molar-refractivity contribution in [3.63, 3.8) is 0 Å². The minimum atomic E-state index is -3.26. The number of nitrogens with zero attached hydrogens (tertiary/aromatic N) is 1. The second-order valence-corrected chi connectivity index (χ2v) is 8.18. The number of hydrogen-bond donors (Lipinski definition) is 1. The smallest absolute Gasteiger partial charge is 0.249 e. The first kappa shape index (κ1) is 14.6. The maximum absolute atomic E-state index is 12.9. The van der Waals surface area contributed by atoms with E-state index in [2.05, 4.69) is 5.32 Å². The van der Waals surface area contributed by atoms with Crippen LogP contribution in [0.15, 0.2) is 11.5 Å². The van der Waals surface area contributed by atoms with E-state index < -0.39 is 27.5 Å². The van der Waals surface area contributed by atoms with E-state index in [-0.39, 0.29) is 17.6 Å². The highest BCUT2D eigenvalue weighted by molar-refractivity contribution is 7.94. The number of carbonyl (C=O) groups is 2. The van der Waals surface area contributed by atoms with Crippen molar-refractivity contribution in [1.82, 2.24) is 10.2 Å². The zero-order valence-electron chi connectivity index (χ0n) is 12.0. The highest BCUT2D eigenvalue weighted by atomic mass is 32.2. The molecule has 0 radical (unpaired) electrons. The Bertz CT molecular complexity index is 604. The highest BCUT2D eigenvalue weighted by Gasteiger charge is 2.52. The first-order valence-corrected chi connectivity index (χ1v) is 9.12. The summed E-state index contributed by atoms with van der Waals surface area (Å²) in [5, 5.41) is 4.05. The molecule has 2 unspecified atom stereocenters. The van der Waals surface area contributed by atoms with Crippen molar-refractivity contribution >= 4 is 21.7 Å². The zero-order valence-corrected chi connectivity index (χ0v) is 12.9. The highest BCUT2D eigenvalue weighted by Crippen LogP contribution is 2.35. The molecule has 0 bridgehead atoms. The molecule has 1 spiro atoms. The van der Waals surface area contributed by atoms with Crippen molar-refractivity contribution in [3.05, 3.63) is 11.5 Å².